The number of allylic oxidation sites excluding steroid dienone is 1. The van der Waals surface area contributed by atoms with Gasteiger partial charge < -0.3 is 0 Å². The van der Waals surface area contributed by atoms with Crippen molar-refractivity contribution in [2.24, 2.45) is 0 Å². The number of thioether (sulfide) groups is 1. The van der Waals surface area contributed by atoms with E-state index in [1.54, 1.807) is 0 Å². The summed E-state index contributed by atoms with van der Waals surface area (Å²) in [7, 11) is 0. The Balaban J connectivity index is 2.18. The molecule has 0 fully saturated rings. The molecule has 0 aliphatic rings. The molecule has 0 radical (unpaired) electrons. The van der Waals surface area contributed by atoms with Crippen LogP contribution in [0.15, 0.2) is 54.6 Å². The van der Waals surface area contributed by atoms with Gasteiger partial charge in [0.1, 0.15) is 0 Å². The van der Waals surface area contributed by atoms with Crippen molar-refractivity contribution in [1.29, 1.82) is 0 Å². The predicted molar refractivity (Wildman–Crippen MR) is 105 cm³/mol. The molecule has 0 atom stereocenters. The fraction of sp³-hybridized carbons (Fsp3) is 0.200. The summed E-state index contributed by atoms with van der Waals surface area (Å²) in [6.07, 6.45) is 4.37. The number of halogens is 2. The van der Waals surface area contributed by atoms with Gasteiger partial charge in [-0.05, 0) is 54.1 Å². The Morgan fingerprint density at radius 1 is 1.00 bits per heavy atom. The van der Waals surface area contributed by atoms with Crippen molar-refractivity contribution in [1.82, 2.24) is 0 Å². The summed E-state index contributed by atoms with van der Waals surface area (Å²) in [4.78, 5) is 1.18. The number of hydrogen-bond acceptors (Lipinski definition) is 1. The van der Waals surface area contributed by atoms with Crippen LogP contribution in [-0.4, -0.2) is 5.75 Å². The first-order chi connectivity index (χ1) is 11.2. The van der Waals surface area contributed by atoms with Gasteiger partial charge in [-0.1, -0.05) is 60.5 Å². The lowest BCUT2D eigenvalue weighted by Crippen LogP contribution is -1.83. The van der Waals surface area contributed by atoms with Crippen LogP contribution in [0.25, 0.3) is 4.91 Å². The summed E-state index contributed by atoms with van der Waals surface area (Å²) < 4.78 is 0. The van der Waals surface area contributed by atoms with Crippen LogP contribution < -0.4 is 0 Å². The Morgan fingerprint density at radius 2 is 1.61 bits per heavy atom. The summed E-state index contributed by atoms with van der Waals surface area (Å²) in [6, 6.07) is 15.5. The molecule has 0 aliphatic heterocycles. The van der Waals surface area contributed by atoms with Gasteiger partial charge in [-0.25, -0.2) is 0 Å². The van der Waals surface area contributed by atoms with E-state index in [4.69, 9.17) is 23.2 Å². The quantitative estimate of drug-likeness (QED) is 0.411. The van der Waals surface area contributed by atoms with Crippen molar-refractivity contribution in [2.75, 3.05) is 5.75 Å². The number of rotatable bonds is 5. The number of unbranched alkanes of at least 4 members (excludes halogenated alkanes) is 1. The molecular weight excluding hydrogens is 343 g/mol. The topological polar surface area (TPSA) is 0 Å². The monoisotopic (exact) mass is 360 g/mol. The summed E-state index contributed by atoms with van der Waals surface area (Å²) in [6.45, 7) is 2.20. The smallest absolute Gasteiger partial charge is 0.0406 e. The van der Waals surface area contributed by atoms with Crippen molar-refractivity contribution in [3.63, 3.8) is 0 Å². The maximum absolute atomic E-state index is 5.98. The number of benzene rings is 2. The molecule has 0 spiro atoms. The first-order valence-electron chi connectivity index (χ1n) is 7.55. The molecular formula is C20H18Cl2S. The van der Waals surface area contributed by atoms with Crippen molar-refractivity contribution in [2.45, 2.75) is 19.8 Å². The average molecular weight is 361 g/mol. The zero-order valence-electron chi connectivity index (χ0n) is 13.0. The Morgan fingerprint density at radius 3 is 2.22 bits per heavy atom. The fourth-order valence-corrected chi connectivity index (χ4v) is 3.22. The van der Waals surface area contributed by atoms with Gasteiger partial charge in [0.2, 0.25) is 0 Å². The normalized spacial score (nSPS) is 11.0. The van der Waals surface area contributed by atoms with E-state index in [9.17, 15) is 0 Å². The molecule has 118 valence electrons. The van der Waals surface area contributed by atoms with E-state index in [0.29, 0.717) is 0 Å². The summed E-state index contributed by atoms with van der Waals surface area (Å²) in [5.74, 6) is 7.39. The van der Waals surface area contributed by atoms with E-state index in [1.165, 1.54) is 17.7 Å². The SMILES string of the molecule is CCCCS/C(=C\C#Cc1ccc(Cl)cc1)c1ccc(Cl)cc1. The second kappa shape index (κ2) is 9.73. The van der Waals surface area contributed by atoms with Crippen LogP contribution in [0.1, 0.15) is 30.9 Å². The van der Waals surface area contributed by atoms with Crippen LogP contribution >= 0.6 is 35.0 Å². The lowest BCUT2D eigenvalue weighted by atomic mass is 10.2. The van der Waals surface area contributed by atoms with E-state index in [0.717, 1.165) is 26.9 Å². The highest BCUT2D eigenvalue weighted by atomic mass is 35.5. The number of hydrogen-bond donors (Lipinski definition) is 0. The Bertz CT molecular complexity index is 704. The Labute approximate surface area is 152 Å². The van der Waals surface area contributed by atoms with Crippen LogP contribution in [0.5, 0.6) is 0 Å². The molecule has 2 aromatic carbocycles. The highest BCUT2D eigenvalue weighted by molar-refractivity contribution is 8.08. The lowest BCUT2D eigenvalue weighted by Gasteiger charge is -2.06. The van der Waals surface area contributed by atoms with Crippen LogP contribution in [0, 0.1) is 11.8 Å². The molecule has 0 amide bonds. The minimum absolute atomic E-state index is 0.725. The molecule has 2 aromatic rings. The van der Waals surface area contributed by atoms with E-state index < -0.39 is 0 Å². The zero-order valence-corrected chi connectivity index (χ0v) is 15.3. The van der Waals surface area contributed by atoms with Gasteiger partial charge in [-0.15, -0.1) is 11.8 Å². The van der Waals surface area contributed by atoms with Crippen molar-refractivity contribution >= 4 is 39.9 Å². The maximum Gasteiger partial charge on any atom is 0.0406 e. The minimum atomic E-state index is 0.725. The van der Waals surface area contributed by atoms with Crippen LogP contribution in [0.4, 0.5) is 0 Å². The van der Waals surface area contributed by atoms with Crippen molar-refractivity contribution in [3.05, 3.63) is 75.8 Å². The van der Waals surface area contributed by atoms with Crippen molar-refractivity contribution < 1.29 is 0 Å². The van der Waals surface area contributed by atoms with Gasteiger partial charge in [-0.3, -0.25) is 0 Å². The molecule has 0 N–H and O–H groups in total. The van der Waals surface area contributed by atoms with E-state index in [-0.39, 0.29) is 0 Å². The first kappa shape index (κ1) is 18.0. The molecule has 0 bridgehead atoms. The van der Waals surface area contributed by atoms with E-state index in [1.807, 2.05) is 66.4 Å². The summed E-state index contributed by atoms with van der Waals surface area (Å²) in [5, 5.41) is 1.47. The van der Waals surface area contributed by atoms with Gasteiger partial charge in [0.15, 0.2) is 0 Å². The van der Waals surface area contributed by atoms with E-state index >= 15 is 0 Å². The predicted octanol–water partition coefficient (Wildman–Crippen LogP) is 6.92. The van der Waals surface area contributed by atoms with Gasteiger partial charge in [0.25, 0.3) is 0 Å². The van der Waals surface area contributed by atoms with Gasteiger partial charge in [0, 0.05) is 26.6 Å². The van der Waals surface area contributed by atoms with Crippen LogP contribution in [0.2, 0.25) is 10.0 Å². The third-order valence-corrected chi connectivity index (χ3v) is 4.81. The first-order valence-corrected chi connectivity index (χ1v) is 9.29. The summed E-state index contributed by atoms with van der Waals surface area (Å²) in [5.41, 5.74) is 2.11. The molecule has 23 heavy (non-hydrogen) atoms. The molecule has 0 saturated carbocycles. The largest absolute Gasteiger partial charge is 0.125 e. The molecule has 0 unspecified atom stereocenters. The zero-order chi connectivity index (χ0) is 16.5. The Hall–Kier alpha value is -1.33. The molecule has 2 rings (SSSR count). The fourth-order valence-electron chi connectivity index (χ4n) is 1.87. The third kappa shape index (κ3) is 6.36. The van der Waals surface area contributed by atoms with Crippen molar-refractivity contribution in [3.8, 4) is 11.8 Å². The maximum atomic E-state index is 5.98. The standard InChI is InChI=1S/C20H18Cl2S/c1-2-3-15-23-20(17-9-13-19(22)14-10-17)6-4-5-16-7-11-18(21)12-8-16/h6-14H,2-3,15H2,1H3/b20-6-. The molecule has 0 saturated heterocycles. The third-order valence-electron chi connectivity index (χ3n) is 3.15. The van der Waals surface area contributed by atoms with Gasteiger partial charge in [-0.2, -0.15) is 0 Å². The molecule has 3 heteroatoms. The molecule has 0 aliphatic carbocycles. The van der Waals surface area contributed by atoms with Crippen LogP contribution in [0.3, 0.4) is 0 Å². The minimum Gasteiger partial charge on any atom is -0.125 e. The molecule has 0 nitrogen and oxygen atoms in total. The second-order valence-corrected chi connectivity index (χ2v) is 7.00. The highest BCUT2D eigenvalue weighted by Gasteiger charge is 2.02. The van der Waals surface area contributed by atoms with Gasteiger partial charge in [0.05, 0.1) is 0 Å². The average Bonchev–Trinajstić information content (AvgIpc) is 2.56. The van der Waals surface area contributed by atoms with Gasteiger partial charge >= 0.3 is 0 Å². The van der Waals surface area contributed by atoms with Crippen LogP contribution in [-0.2, 0) is 0 Å². The summed E-state index contributed by atoms with van der Waals surface area (Å²) >= 11 is 13.7. The van der Waals surface area contributed by atoms with E-state index in [2.05, 4.69) is 18.8 Å². The molecule has 0 heterocycles. The Kier molecular flexibility index (Phi) is 7.62. The lowest BCUT2D eigenvalue weighted by molar-refractivity contribution is 0.898. The second-order valence-electron chi connectivity index (χ2n) is 4.99. The highest BCUT2D eigenvalue weighted by Crippen LogP contribution is 2.29. The molecule has 0 aromatic heterocycles.